The summed E-state index contributed by atoms with van der Waals surface area (Å²) in [5.74, 6) is 0.397. The Morgan fingerprint density at radius 3 is 2.50 bits per heavy atom. The molecule has 0 aromatic heterocycles. The van der Waals surface area contributed by atoms with E-state index in [4.69, 9.17) is 9.47 Å². The molecule has 3 aliphatic rings. The van der Waals surface area contributed by atoms with Crippen LogP contribution < -0.4 is 15.4 Å². The van der Waals surface area contributed by atoms with Gasteiger partial charge in [-0.1, -0.05) is 48.0 Å². The Balaban J connectivity index is 1.10. The zero-order chi connectivity index (χ0) is 28.1. The summed E-state index contributed by atoms with van der Waals surface area (Å²) < 4.78 is 11.7. The van der Waals surface area contributed by atoms with Crippen molar-refractivity contribution in [2.45, 2.75) is 44.0 Å². The molecule has 7 nitrogen and oxygen atoms in total. The number of amides is 2. The molecule has 3 aromatic rings. The van der Waals surface area contributed by atoms with Crippen molar-refractivity contribution in [1.82, 2.24) is 0 Å². The number of benzene rings is 3. The van der Waals surface area contributed by atoms with Gasteiger partial charge in [-0.3, -0.25) is 14.4 Å². The molecule has 0 spiro atoms. The number of halogens is 1. The molecule has 2 bridgehead atoms. The van der Waals surface area contributed by atoms with E-state index in [1.165, 1.54) is 0 Å². The van der Waals surface area contributed by atoms with Gasteiger partial charge >= 0.3 is 5.97 Å². The van der Waals surface area contributed by atoms with Gasteiger partial charge in [-0.15, -0.1) is 0 Å². The van der Waals surface area contributed by atoms with E-state index in [9.17, 15) is 14.4 Å². The van der Waals surface area contributed by atoms with E-state index in [1.807, 2.05) is 25.1 Å². The molecule has 206 valence electrons. The van der Waals surface area contributed by atoms with E-state index in [-0.39, 0.29) is 46.5 Å². The van der Waals surface area contributed by atoms with Crippen molar-refractivity contribution >= 4 is 45.1 Å². The molecule has 8 heteroatoms. The lowest BCUT2D eigenvalue weighted by Crippen LogP contribution is -2.40. The van der Waals surface area contributed by atoms with E-state index in [1.54, 1.807) is 36.4 Å². The predicted octanol–water partition coefficient (Wildman–Crippen LogP) is 6.67. The largest absolute Gasteiger partial charge is 0.461 e. The van der Waals surface area contributed by atoms with Gasteiger partial charge in [-0.25, -0.2) is 0 Å². The number of hydrogen-bond acceptors (Lipinski definition) is 5. The number of carbonyl (C=O) groups is 3. The van der Waals surface area contributed by atoms with Crippen LogP contribution in [0.1, 0.15) is 47.7 Å². The fourth-order valence-electron chi connectivity index (χ4n) is 6.44. The summed E-state index contributed by atoms with van der Waals surface area (Å²) in [5.41, 5.74) is 3.80. The van der Waals surface area contributed by atoms with Gasteiger partial charge in [0.1, 0.15) is 17.6 Å². The van der Waals surface area contributed by atoms with Gasteiger partial charge in [0.25, 0.3) is 5.91 Å². The van der Waals surface area contributed by atoms with Crippen LogP contribution in [0.4, 0.5) is 11.4 Å². The smallest absolute Gasteiger partial charge is 0.310 e. The number of ether oxygens (including phenoxy) is 2. The standard InChI is InChI=1S/C32H31BrN2O5/c1-16(2)22-12-7-17(3)13-25(22)39-21-10-8-19(9-11-21)34-30(36)18-5-4-6-20(14-18)35-31(37)26-23-15-24-27(26)32(38)40-29(24)28(23)33/h4-14,16,23-24,26-29H,15H2,1-3H3,(H,34,36)(H,35,37)/t23-,24-,26-,27+,28-,29+/m1/s1. The van der Waals surface area contributed by atoms with Crippen molar-refractivity contribution < 1.29 is 23.9 Å². The number of carbonyl (C=O) groups excluding carboxylic acids is 3. The predicted molar refractivity (Wildman–Crippen MR) is 156 cm³/mol. The van der Waals surface area contributed by atoms with Gasteiger partial charge in [0.15, 0.2) is 0 Å². The molecule has 3 fully saturated rings. The quantitative estimate of drug-likeness (QED) is 0.232. The Kier molecular flexibility index (Phi) is 6.90. The summed E-state index contributed by atoms with van der Waals surface area (Å²) in [6.45, 7) is 6.30. The van der Waals surface area contributed by atoms with E-state index in [0.29, 0.717) is 28.6 Å². The number of anilines is 2. The van der Waals surface area contributed by atoms with E-state index >= 15 is 0 Å². The maximum Gasteiger partial charge on any atom is 0.310 e. The summed E-state index contributed by atoms with van der Waals surface area (Å²) in [5, 5.41) is 5.84. The Labute approximate surface area is 241 Å². The fraction of sp³-hybridized carbons (Fsp3) is 0.344. The van der Waals surface area contributed by atoms with Crippen molar-refractivity contribution in [2.75, 3.05) is 10.6 Å². The van der Waals surface area contributed by atoms with Gasteiger partial charge in [0, 0.05) is 22.9 Å². The second-order valence-electron chi connectivity index (χ2n) is 11.3. The molecule has 2 amide bonds. The lowest BCUT2D eigenvalue weighted by atomic mass is 9.79. The SMILES string of the molecule is Cc1ccc(C(C)C)c(Oc2ccc(NC(=O)c3cccc(NC(=O)[C@@H]4[C@H]5C[C@H]6[C@H](OC(=O)[C@@H]64)[C@@H]5Br)c3)cc2)c1. The summed E-state index contributed by atoms with van der Waals surface area (Å²) in [7, 11) is 0. The number of fused-ring (bicyclic) bond motifs is 1. The molecule has 6 atom stereocenters. The summed E-state index contributed by atoms with van der Waals surface area (Å²) in [4.78, 5) is 38.7. The van der Waals surface area contributed by atoms with Crippen LogP contribution in [0, 0.1) is 30.6 Å². The fourth-order valence-corrected chi connectivity index (χ4v) is 7.48. The maximum absolute atomic E-state index is 13.2. The monoisotopic (exact) mass is 602 g/mol. The van der Waals surface area contributed by atoms with Crippen LogP contribution in [0.5, 0.6) is 11.5 Å². The number of aryl methyl sites for hydroxylation is 1. The van der Waals surface area contributed by atoms with Crippen molar-refractivity contribution in [2.24, 2.45) is 23.7 Å². The van der Waals surface area contributed by atoms with Crippen LogP contribution in [0.2, 0.25) is 0 Å². The van der Waals surface area contributed by atoms with Gasteiger partial charge in [0.05, 0.1) is 16.7 Å². The molecule has 1 heterocycles. The highest BCUT2D eigenvalue weighted by atomic mass is 79.9. The van der Waals surface area contributed by atoms with Gasteiger partial charge in [0.2, 0.25) is 5.91 Å². The number of esters is 1. The highest BCUT2D eigenvalue weighted by molar-refractivity contribution is 9.09. The van der Waals surface area contributed by atoms with Crippen molar-refractivity contribution in [3.8, 4) is 11.5 Å². The molecule has 2 aliphatic carbocycles. The second kappa shape index (κ2) is 10.4. The molecule has 2 saturated carbocycles. The third-order valence-electron chi connectivity index (χ3n) is 8.35. The Hall–Kier alpha value is -3.65. The van der Waals surface area contributed by atoms with Crippen LogP contribution in [-0.2, 0) is 14.3 Å². The molecule has 6 rings (SSSR count). The zero-order valence-corrected chi connectivity index (χ0v) is 24.1. The highest BCUT2D eigenvalue weighted by Gasteiger charge is 2.67. The minimum atomic E-state index is -0.435. The topological polar surface area (TPSA) is 93.7 Å². The first-order valence-electron chi connectivity index (χ1n) is 13.6. The molecule has 1 aliphatic heterocycles. The second-order valence-corrected chi connectivity index (χ2v) is 12.4. The molecule has 0 unspecified atom stereocenters. The first-order valence-corrected chi connectivity index (χ1v) is 14.6. The van der Waals surface area contributed by atoms with Gasteiger partial charge in [-0.05, 0) is 84.8 Å². The molecular formula is C32H31BrN2O5. The van der Waals surface area contributed by atoms with Crippen LogP contribution in [0.15, 0.2) is 66.7 Å². The van der Waals surface area contributed by atoms with E-state index in [0.717, 1.165) is 23.3 Å². The molecule has 2 N–H and O–H groups in total. The summed E-state index contributed by atoms with van der Waals surface area (Å²) in [6, 6.07) is 20.2. The normalized spacial score (nSPS) is 26.1. The van der Waals surface area contributed by atoms with E-state index < -0.39 is 5.92 Å². The molecule has 3 aromatic carbocycles. The number of alkyl halides is 1. The average molecular weight is 604 g/mol. The number of nitrogens with one attached hydrogen (secondary N) is 2. The van der Waals surface area contributed by atoms with E-state index in [2.05, 4.69) is 52.5 Å². The Morgan fingerprint density at radius 1 is 0.975 bits per heavy atom. The molecule has 0 radical (unpaired) electrons. The minimum Gasteiger partial charge on any atom is -0.461 e. The van der Waals surface area contributed by atoms with Crippen LogP contribution >= 0.6 is 15.9 Å². The van der Waals surface area contributed by atoms with Crippen LogP contribution in [-0.4, -0.2) is 28.7 Å². The maximum atomic E-state index is 13.2. The third kappa shape index (κ3) is 4.79. The van der Waals surface area contributed by atoms with Crippen LogP contribution in [0.25, 0.3) is 0 Å². The highest BCUT2D eigenvalue weighted by Crippen LogP contribution is 2.60. The summed E-state index contributed by atoms with van der Waals surface area (Å²) in [6.07, 6.45) is 0.685. The number of rotatable bonds is 7. The van der Waals surface area contributed by atoms with Gasteiger partial charge < -0.3 is 20.1 Å². The number of hydrogen-bond donors (Lipinski definition) is 2. The zero-order valence-electron chi connectivity index (χ0n) is 22.5. The van der Waals surface area contributed by atoms with Gasteiger partial charge in [-0.2, -0.15) is 0 Å². The van der Waals surface area contributed by atoms with Crippen molar-refractivity contribution in [1.29, 1.82) is 0 Å². The molecule has 40 heavy (non-hydrogen) atoms. The Bertz CT molecular complexity index is 1490. The first kappa shape index (κ1) is 26.6. The molecule has 1 saturated heterocycles. The Morgan fingerprint density at radius 2 is 1.75 bits per heavy atom. The van der Waals surface area contributed by atoms with Crippen molar-refractivity contribution in [3.63, 3.8) is 0 Å². The first-order chi connectivity index (χ1) is 19.2. The summed E-state index contributed by atoms with van der Waals surface area (Å²) >= 11 is 3.65. The lowest BCUT2D eigenvalue weighted by Gasteiger charge is -2.27. The van der Waals surface area contributed by atoms with Crippen molar-refractivity contribution in [3.05, 3.63) is 83.4 Å². The third-order valence-corrected chi connectivity index (χ3v) is 9.55. The minimum absolute atomic E-state index is 0.00100. The molecular weight excluding hydrogens is 572 g/mol. The average Bonchev–Trinajstić information content (AvgIpc) is 3.54. The lowest BCUT2D eigenvalue weighted by molar-refractivity contribution is -0.145. The van der Waals surface area contributed by atoms with Crippen LogP contribution in [0.3, 0.4) is 0 Å².